The molecule has 1 spiro atoms. The number of fused-ring (bicyclic) bond motifs is 5. The highest BCUT2D eigenvalue weighted by molar-refractivity contribution is 5.61. The fraction of sp³-hybridized carbons (Fsp3) is 0.529. The molecule has 0 N–H and O–H groups in total. The van der Waals surface area contributed by atoms with Crippen LogP contribution in [0.3, 0.4) is 0 Å². The molecule has 0 radical (unpaired) electrons. The quantitative estimate of drug-likeness (QED) is 0.662. The Morgan fingerprint density at radius 3 is 2.42 bits per heavy atom. The summed E-state index contributed by atoms with van der Waals surface area (Å²) in [5, 5.41) is 0. The van der Waals surface area contributed by atoms with E-state index in [-0.39, 0.29) is 10.8 Å². The Morgan fingerprint density at radius 1 is 1.05 bits per heavy atom. The minimum Gasteiger partial charge on any atom is -0.343 e. The highest BCUT2D eigenvalue weighted by Gasteiger charge is 2.68. The second kappa shape index (κ2) is 3.31. The van der Waals surface area contributed by atoms with Gasteiger partial charge >= 0.3 is 0 Å². The van der Waals surface area contributed by atoms with Crippen LogP contribution in [-0.4, -0.2) is 19.0 Å². The Balaban J connectivity index is 1.94. The molecule has 4 rings (SSSR count). The fourth-order valence-corrected chi connectivity index (χ4v) is 4.31. The Labute approximate surface area is 114 Å². The number of hydrogen-bond donors (Lipinski definition) is 0. The average Bonchev–Trinajstić information content (AvgIpc) is 2.89. The van der Waals surface area contributed by atoms with E-state index in [0.29, 0.717) is 19.1 Å². The van der Waals surface area contributed by atoms with E-state index in [1.54, 1.807) is 0 Å². The van der Waals surface area contributed by atoms with Gasteiger partial charge < -0.3 is 9.47 Å². The van der Waals surface area contributed by atoms with Gasteiger partial charge in [0.15, 0.2) is 5.79 Å². The molecular weight excluding hydrogens is 236 g/mol. The lowest BCUT2D eigenvalue weighted by molar-refractivity contribution is -0.152. The summed E-state index contributed by atoms with van der Waals surface area (Å²) in [6.07, 6.45) is 4.50. The largest absolute Gasteiger partial charge is 0.343 e. The van der Waals surface area contributed by atoms with E-state index in [4.69, 9.17) is 9.47 Å². The maximum atomic E-state index is 6.00. The third-order valence-electron chi connectivity index (χ3n) is 5.13. The fourth-order valence-electron chi connectivity index (χ4n) is 4.31. The van der Waals surface area contributed by atoms with Gasteiger partial charge in [-0.25, -0.2) is 0 Å². The SMILES string of the molecule is CC(C)(C)C12C=CC3(OCCO3)C1c1ccccc12. The van der Waals surface area contributed by atoms with Crippen molar-refractivity contribution >= 4 is 0 Å². The van der Waals surface area contributed by atoms with Gasteiger partial charge in [0.25, 0.3) is 0 Å². The first kappa shape index (κ1) is 11.7. The standard InChI is InChI=1S/C17H20O2/c1-15(2,3)16-8-9-17(18-10-11-19-17)14(16)12-6-4-5-7-13(12)16/h4-9,14H,10-11H2,1-3H3. The van der Waals surface area contributed by atoms with Crippen molar-refractivity contribution in [2.75, 3.05) is 13.2 Å². The van der Waals surface area contributed by atoms with Crippen LogP contribution in [0.5, 0.6) is 0 Å². The van der Waals surface area contributed by atoms with Gasteiger partial charge in [-0.1, -0.05) is 51.1 Å². The van der Waals surface area contributed by atoms with E-state index < -0.39 is 5.79 Å². The summed E-state index contributed by atoms with van der Waals surface area (Å²) >= 11 is 0. The van der Waals surface area contributed by atoms with Gasteiger partial charge in [-0.2, -0.15) is 0 Å². The van der Waals surface area contributed by atoms with Gasteiger partial charge in [-0.3, -0.25) is 0 Å². The van der Waals surface area contributed by atoms with Crippen molar-refractivity contribution in [3.05, 3.63) is 47.5 Å². The van der Waals surface area contributed by atoms with Crippen LogP contribution in [0.4, 0.5) is 0 Å². The summed E-state index contributed by atoms with van der Waals surface area (Å²) in [6, 6.07) is 8.74. The van der Waals surface area contributed by atoms with Crippen LogP contribution in [0, 0.1) is 5.41 Å². The lowest BCUT2D eigenvalue weighted by Crippen LogP contribution is -2.56. The maximum absolute atomic E-state index is 6.00. The van der Waals surface area contributed by atoms with Crippen molar-refractivity contribution in [1.82, 2.24) is 0 Å². The monoisotopic (exact) mass is 256 g/mol. The molecule has 2 unspecified atom stereocenters. The number of rotatable bonds is 0. The number of allylic oxidation sites excluding steroid dienone is 1. The van der Waals surface area contributed by atoms with E-state index >= 15 is 0 Å². The molecule has 19 heavy (non-hydrogen) atoms. The molecule has 2 nitrogen and oxygen atoms in total. The minimum atomic E-state index is -0.512. The van der Waals surface area contributed by atoms with E-state index in [2.05, 4.69) is 57.2 Å². The molecule has 0 amide bonds. The molecule has 1 aromatic carbocycles. The van der Waals surface area contributed by atoms with Crippen LogP contribution in [0.15, 0.2) is 36.4 Å². The molecule has 1 aromatic rings. The Hall–Kier alpha value is -1.12. The highest BCUT2D eigenvalue weighted by Crippen LogP contribution is 2.69. The van der Waals surface area contributed by atoms with Crippen LogP contribution in [-0.2, 0) is 14.9 Å². The van der Waals surface area contributed by atoms with Gasteiger partial charge in [0.1, 0.15) is 0 Å². The van der Waals surface area contributed by atoms with Crippen LogP contribution < -0.4 is 0 Å². The maximum Gasteiger partial charge on any atom is 0.196 e. The molecule has 2 aliphatic carbocycles. The Bertz CT molecular complexity index is 561. The molecule has 3 aliphatic rings. The zero-order valence-corrected chi connectivity index (χ0v) is 11.8. The summed E-state index contributed by atoms with van der Waals surface area (Å²) < 4.78 is 12.0. The average molecular weight is 256 g/mol. The summed E-state index contributed by atoms with van der Waals surface area (Å²) in [7, 11) is 0. The van der Waals surface area contributed by atoms with Gasteiger partial charge in [-0.05, 0) is 22.6 Å². The molecule has 2 heteroatoms. The second-order valence-electron chi connectivity index (χ2n) is 6.89. The second-order valence-corrected chi connectivity index (χ2v) is 6.89. The molecule has 100 valence electrons. The molecule has 1 saturated heterocycles. The van der Waals surface area contributed by atoms with Crippen LogP contribution in [0.2, 0.25) is 0 Å². The van der Waals surface area contributed by atoms with Crippen molar-refractivity contribution in [3.63, 3.8) is 0 Å². The molecule has 0 saturated carbocycles. The van der Waals surface area contributed by atoms with E-state index in [1.807, 2.05) is 0 Å². The Morgan fingerprint density at radius 2 is 1.74 bits per heavy atom. The minimum absolute atomic E-state index is 0.0495. The first-order chi connectivity index (χ1) is 9.01. The summed E-state index contributed by atoms with van der Waals surface area (Å²) in [6.45, 7) is 8.34. The highest BCUT2D eigenvalue weighted by atomic mass is 16.7. The van der Waals surface area contributed by atoms with E-state index in [9.17, 15) is 0 Å². The summed E-state index contributed by atoms with van der Waals surface area (Å²) in [5.41, 5.74) is 3.04. The predicted octanol–water partition coefficient (Wildman–Crippen LogP) is 3.38. The number of benzene rings is 1. The smallest absolute Gasteiger partial charge is 0.196 e. The van der Waals surface area contributed by atoms with E-state index in [1.165, 1.54) is 11.1 Å². The van der Waals surface area contributed by atoms with Gasteiger partial charge in [0.05, 0.1) is 19.1 Å². The normalized spacial score (nSPS) is 34.2. The zero-order chi connectivity index (χ0) is 13.3. The number of hydrogen-bond acceptors (Lipinski definition) is 2. The molecular formula is C17H20O2. The Kier molecular flexibility index (Phi) is 2.03. The van der Waals surface area contributed by atoms with E-state index in [0.717, 1.165) is 0 Å². The molecule has 0 bridgehead atoms. The van der Waals surface area contributed by atoms with Crippen molar-refractivity contribution in [1.29, 1.82) is 0 Å². The van der Waals surface area contributed by atoms with Gasteiger partial charge in [0.2, 0.25) is 0 Å². The molecule has 1 aliphatic heterocycles. The predicted molar refractivity (Wildman–Crippen MR) is 74.1 cm³/mol. The topological polar surface area (TPSA) is 18.5 Å². The molecule has 0 aromatic heterocycles. The van der Waals surface area contributed by atoms with Crippen molar-refractivity contribution in [3.8, 4) is 0 Å². The lowest BCUT2D eigenvalue weighted by Gasteiger charge is -2.57. The van der Waals surface area contributed by atoms with Crippen LogP contribution in [0.25, 0.3) is 0 Å². The zero-order valence-electron chi connectivity index (χ0n) is 11.8. The lowest BCUT2D eigenvalue weighted by atomic mass is 9.47. The molecule has 1 fully saturated rings. The number of ether oxygens (including phenoxy) is 2. The third kappa shape index (κ3) is 1.16. The first-order valence-corrected chi connectivity index (χ1v) is 7.09. The van der Waals surface area contributed by atoms with Gasteiger partial charge in [-0.15, -0.1) is 0 Å². The molecule has 2 atom stereocenters. The van der Waals surface area contributed by atoms with Gasteiger partial charge in [0, 0.05) is 5.41 Å². The van der Waals surface area contributed by atoms with Crippen LogP contribution in [0.1, 0.15) is 37.8 Å². The summed E-state index contributed by atoms with van der Waals surface area (Å²) in [5.74, 6) is -0.208. The first-order valence-electron chi connectivity index (χ1n) is 7.09. The molecule has 1 heterocycles. The van der Waals surface area contributed by atoms with Crippen LogP contribution >= 0.6 is 0 Å². The van der Waals surface area contributed by atoms with Crippen molar-refractivity contribution in [2.24, 2.45) is 5.41 Å². The summed E-state index contributed by atoms with van der Waals surface area (Å²) in [4.78, 5) is 0. The van der Waals surface area contributed by atoms with Crippen molar-refractivity contribution < 1.29 is 9.47 Å². The van der Waals surface area contributed by atoms with Crippen molar-refractivity contribution in [2.45, 2.75) is 37.9 Å². The third-order valence-corrected chi connectivity index (χ3v) is 5.13.